The second-order valence-corrected chi connectivity index (χ2v) is 6.36. The molecular formula is C19H26N4. The molecule has 1 aliphatic heterocycles. The van der Waals surface area contributed by atoms with Crippen LogP contribution in [0.4, 0.5) is 0 Å². The molecule has 1 fully saturated rings. The van der Waals surface area contributed by atoms with E-state index >= 15 is 0 Å². The largest absolute Gasteiger partial charge is 0.309 e. The fourth-order valence-corrected chi connectivity index (χ4v) is 2.88. The van der Waals surface area contributed by atoms with Crippen molar-refractivity contribution in [3.05, 3.63) is 65.5 Å². The van der Waals surface area contributed by atoms with Crippen LogP contribution >= 0.6 is 0 Å². The Morgan fingerprint density at radius 2 is 1.61 bits per heavy atom. The Balaban J connectivity index is 1.43. The minimum atomic E-state index is 0.858. The average Bonchev–Trinajstić information content (AvgIpc) is 2.59. The fraction of sp³-hybridized carbons (Fsp3) is 0.421. The third-order valence-electron chi connectivity index (χ3n) is 4.41. The normalized spacial score (nSPS) is 16.6. The zero-order valence-corrected chi connectivity index (χ0v) is 13.9. The third kappa shape index (κ3) is 5.13. The number of nitrogens with one attached hydrogen (secondary N) is 1. The van der Waals surface area contributed by atoms with Crippen LogP contribution in [-0.4, -0.2) is 48.0 Å². The maximum atomic E-state index is 4.13. The molecule has 122 valence electrons. The van der Waals surface area contributed by atoms with Gasteiger partial charge in [0, 0.05) is 58.2 Å². The van der Waals surface area contributed by atoms with Crippen molar-refractivity contribution in [2.24, 2.45) is 0 Å². The highest BCUT2D eigenvalue weighted by Gasteiger charge is 2.13. The van der Waals surface area contributed by atoms with E-state index in [1.54, 1.807) is 0 Å². The summed E-state index contributed by atoms with van der Waals surface area (Å²) >= 11 is 0. The SMILES string of the molecule is CN1CCN(Cc2ccc(CNCc3cccnc3)cc2)CC1. The molecule has 0 amide bonds. The van der Waals surface area contributed by atoms with Crippen LogP contribution in [0.2, 0.25) is 0 Å². The van der Waals surface area contributed by atoms with Crippen molar-refractivity contribution >= 4 is 0 Å². The number of likely N-dealkylation sites (N-methyl/N-ethyl adjacent to an activating group) is 1. The van der Waals surface area contributed by atoms with Crippen molar-refractivity contribution in [2.75, 3.05) is 33.2 Å². The molecular weight excluding hydrogens is 284 g/mol. The second-order valence-electron chi connectivity index (χ2n) is 6.36. The summed E-state index contributed by atoms with van der Waals surface area (Å²) in [5.74, 6) is 0. The monoisotopic (exact) mass is 310 g/mol. The topological polar surface area (TPSA) is 31.4 Å². The molecule has 0 atom stereocenters. The molecule has 1 aromatic carbocycles. The van der Waals surface area contributed by atoms with Crippen LogP contribution in [0.5, 0.6) is 0 Å². The number of rotatable bonds is 6. The standard InChI is InChI=1S/C19H26N4/c1-22-9-11-23(12-10-22)16-18-6-4-17(5-7-18)13-21-15-19-3-2-8-20-14-19/h2-8,14,21H,9-13,15-16H2,1H3. The summed E-state index contributed by atoms with van der Waals surface area (Å²) in [7, 11) is 2.20. The summed E-state index contributed by atoms with van der Waals surface area (Å²) in [6.07, 6.45) is 3.72. The first kappa shape index (κ1) is 16.1. The summed E-state index contributed by atoms with van der Waals surface area (Å²) in [4.78, 5) is 9.07. The van der Waals surface area contributed by atoms with E-state index in [1.165, 1.54) is 42.9 Å². The second kappa shape index (κ2) is 8.20. The van der Waals surface area contributed by atoms with E-state index < -0.39 is 0 Å². The van der Waals surface area contributed by atoms with Crippen molar-refractivity contribution in [3.63, 3.8) is 0 Å². The Kier molecular flexibility index (Phi) is 5.75. The van der Waals surface area contributed by atoms with Gasteiger partial charge in [0.25, 0.3) is 0 Å². The molecule has 1 aromatic heterocycles. The first-order chi connectivity index (χ1) is 11.3. The van der Waals surface area contributed by atoms with Crippen LogP contribution < -0.4 is 5.32 Å². The predicted octanol–water partition coefficient (Wildman–Crippen LogP) is 2.12. The van der Waals surface area contributed by atoms with Gasteiger partial charge < -0.3 is 10.2 Å². The van der Waals surface area contributed by atoms with Crippen LogP contribution in [0.3, 0.4) is 0 Å². The van der Waals surface area contributed by atoms with Gasteiger partial charge in [0.15, 0.2) is 0 Å². The van der Waals surface area contributed by atoms with Gasteiger partial charge in [0.2, 0.25) is 0 Å². The Labute approximate surface area is 139 Å². The van der Waals surface area contributed by atoms with Gasteiger partial charge in [-0.1, -0.05) is 30.3 Å². The smallest absolute Gasteiger partial charge is 0.0312 e. The fourth-order valence-electron chi connectivity index (χ4n) is 2.88. The van der Waals surface area contributed by atoms with Gasteiger partial charge in [0.05, 0.1) is 0 Å². The highest BCUT2D eigenvalue weighted by atomic mass is 15.2. The van der Waals surface area contributed by atoms with Crippen LogP contribution in [-0.2, 0) is 19.6 Å². The molecule has 23 heavy (non-hydrogen) atoms. The van der Waals surface area contributed by atoms with Gasteiger partial charge in [-0.25, -0.2) is 0 Å². The Morgan fingerprint density at radius 3 is 2.30 bits per heavy atom. The van der Waals surface area contributed by atoms with E-state index in [1.807, 2.05) is 18.5 Å². The van der Waals surface area contributed by atoms with Gasteiger partial charge in [-0.2, -0.15) is 0 Å². The lowest BCUT2D eigenvalue weighted by molar-refractivity contribution is 0.148. The van der Waals surface area contributed by atoms with E-state index in [0.29, 0.717) is 0 Å². The van der Waals surface area contributed by atoms with Crippen LogP contribution in [0.25, 0.3) is 0 Å². The third-order valence-corrected chi connectivity index (χ3v) is 4.41. The number of pyridine rings is 1. The van der Waals surface area contributed by atoms with Crippen LogP contribution in [0, 0.1) is 0 Å². The highest BCUT2D eigenvalue weighted by Crippen LogP contribution is 2.10. The zero-order valence-electron chi connectivity index (χ0n) is 13.9. The van der Waals surface area contributed by atoms with Gasteiger partial charge in [-0.15, -0.1) is 0 Å². The van der Waals surface area contributed by atoms with Crippen molar-refractivity contribution in [1.29, 1.82) is 0 Å². The molecule has 1 saturated heterocycles. The highest BCUT2D eigenvalue weighted by molar-refractivity contribution is 5.22. The maximum absolute atomic E-state index is 4.13. The first-order valence-electron chi connectivity index (χ1n) is 8.38. The predicted molar refractivity (Wildman–Crippen MR) is 94.0 cm³/mol. The van der Waals surface area contributed by atoms with Gasteiger partial charge >= 0.3 is 0 Å². The number of hydrogen-bond donors (Lipinski definition) is 1. The molecule has 0 aliphatic carbocycles. The molecule has 4 heteroatoms. The van der Waals surface area contributed by atoms with Gasteiger partial charge in [-0.3, -0.25) is 9.88 Å². The number of piperazine rings is 1. The van der Waals surface area contributed by atoms with E-state index in [9.17, 15) is 0 Å². The molecule has 0 spiro atoms. The zero-order chi connectivity index (χ0) is 15.9. The molecule has 4 nitrogen and oxygen atoms in total. The molecule has 0 bridgehead atoms. The van der Waals surface area contributed by atoms with Crippen molar-refractivity contribution < 1.29 is 0 Å². The summed E-state index contributed by atoms with van der Waals surface area (Å²) in [6, 6.07) is 13.1. The van der Waals surface area contributed by atoms with Gasteiger partial charge in [-0.05, 0) is 29.8 Å². The lowest BCUT2D eigenvalue weighted by atomic mass is 10.1. The summed E-state index contributed by atoms with van der Waals surface area (Å²) in [5.41, 5.74) is 3.96. The van der Waals surface area contributed by atoms with Crippen molar-refractivity contribution in [3.8, 4) is 0 Å². The average molecular weight is 310 g/mol. The number of benzene rings is 1. The molecule has 0 radical (unpaired) electrons. The summed E-state index contributed by atoms with van der Waals surface area (Å²) < 4.78 is 0. The Morgan fingerprint density at radius 1 is 0.913 bits per heavy atom. The number of hydrogen-bond acceptors (Lipinski definition) is 4. The lowest BCUT2D eigenvalue weighted by Gasteiger charge is -2.32. The molecule has 3 rings (SSSR count). The number of aromatic nitrogens is 1. The molecule has 1 N–H and O–H groups in total. The minimum absolute atomic E-state index is 0.858. The van der Waals surface area contributed by atoms with E-state index in [2.05, 4.69) is 57.5 Å². The number of nitrogens with zero attached hydrogens (tertiary/aromatic N) is 3. The maximum Gasteiger partial charge on any atom is 0.0312 e. The summed E-state index contributed by atoms with van der Waals surface area (Å²) in [5, 5.41) is 3.47. The van der Waals surface area contributed by atoms with Crippen molar-refractivity contribution in [2.45, 2.75) is 19.6 Å². The molecule has 1 aliphatic rings. The lowest BCUT2D eigenvalue weighted by Crippen LogP contribution is -2.43. The first-order valence-corrected chi connectivity index (χ1v) is 8.38. The van der Waals surface area contributed by atoms with Crippen LogP contribution in [0.15, 0.2) is 48.8 Å². The van der Waals surface area contributed by atoms with E-state index in [4.69, 9.17) is 0 Å². The van der Waals surface area contributed by atoms with Gasteiger partial charge in [0.1, 0.15) is 0 Å². The summed E-state index contributed by atoms with van der Waals surface area (Å²) in [6.45, 7) is 7.51. The van der Waals surface area contributed by atoms with E-state index in [0.717, 1.165) is 19.6 Å². The molecule has 0 saturated carbocycles. The quantitative estimate of drug-likeness (QED) is 0.885. The van der Waals surface area contributed by atoms with Crippen molar-refractivity contribution in [1.82, 2.24) is 20.1 Å². The Hall–Kier alpha value is -1.75. The molecule has 0 unspecified atom stereocenters. The van der Waals surface area contributed by atoms with E-state index in [-0.39, 0.29) is 0 Å². The molecule has 2 aromatic rings. The molecule has 2 heterocycles. The van der Waals surface area contributed by atoms with Crippen LogP contribution in [0.1, 0.15) is 16.7 Å². The minimum Gasteiger partial charge on any atom is -0.309 e. The Bertz CT molecular complexity index is 574.